The molecule has 0 aromatic carbocycles. The lowest BCUT2D eigenvalue weighted by Gasteiger charge is -2.41. The average molecular weight is 766 g/mol. The Kier molecular flexibility index (Phi) is 28.6. The van der Waals surface area contributed by atoms with Crippen molar-refractivity contribution in [3.8, 4) is 0 Å². The summed E-state index contributed by atoms with van der Waals surface area (Å²) in [4.78, 5) is 23.2. The number of amides is 1. The van der Waals surface area contributed by atoms with E-state index in [1.54, 1.807) is 0 Å². The van der Waals surface area contributed by atoms with Gasteiger partial charge in [-0.25, -0.2) is 4.57 Å². The van der Waals surface area contributed by atoms with Crippen molar-refractivity contribution in [2.45, 2.75) is 223 Å². The minimum Gasteiger partial charge on any atom is -0.387 e. The highest BCUT2D eigenvalue weighted by molar-refractivity contribution is 7.47. The van der Waals surface area contributed by atoms with Gasteiger partial charge in [-0.15, -0.1) is 0 Å². The number of unbranched alkanes of at least 4 members (excludes halogenated alkanes) is 22. The standard InChI is InChI=1S/C39H76NO11P/c1-3-5-7-9-11-13-15-16-17-18-19-20-22-24-26-28-32(41)31(40-33(42)29-27-25-23-21-14-12-10-8-6-4-2)30-50-52(48,49)51-39-37(46)35(44)34(43)36(45)38(39)47/h26,28,31-32,34-39,41,43-47H,3-25,27,29-30H2,1-2H3,(H,40,42)(H,48,49)/b28-26+/t31-,32+,34?,35+,36?,37?,38?,39?/m0/s1. The first-order valence-electron chi connectivity index (χ1n) is 20.6. The first-order chi connectivity index (χ1) is 24.9. The van der Waals surface area contributed by atoms with E-state index >= 15 is 0 Å². The first-order valence-corrected chi connectivity index (χ1v) is 22.1. The molecule has 1 saturated carbocycles. The number of phosphoric acid groups is 1. The maximum absolute atomic E-state index is 12.8. The molecule has 0 radical (unpaired) electrons. The van der Waals surface area contributed by atoms with Crippen LogP contribution in [0.3, 0.4) is 0 Å². The highest BCUT2D eigenvalue weighted by Crippen LogP contribution is 2.47. The number of rotatable bonds is 33. The van der Waals surface area contributed by atoms with Crippen LogP contribution >= 0.6 is 7.82 Å². The molecular weight excluding hydrogens is 689 g/mol. The van der Waals surface area contributed by atoms with Crippen molar-refractivity contribution in [3.63, 3.8) is 0 Å². The second-order valence-electron chi connectivity index (χ2n) is 14.8. The van der Waals surface area contributed by atoms with Gasteiger partial charge in [0.05, 0.1) is 18.8 Å². The van der Waals surface area contributed by atoms with E-state index < -0.39 is 63.2 Å². The Morgan fingerprint density at radius 2 is 1.02 bits per heavy atom. The summed E-state index contributed by atoms with van der Waals surface area (Å²) < 4.78 is 22.8. The molecule has 0 aromatic rings. The van der Waals surface area contributed by atoms with Crippen molar-refractivity contribution < 1.29 is 53.9 Å². The third kappa shape index (κ3) is 22.5. The predicted octanol–water partition coefficient (Wildman–Crippen LogP) is 6.50. The second kappa shape index (κ2) is 30.3. The lowest BCUT2D eigenvalue weighted by molar-refractivity contribution is -0.220. The molecule has 8 N–H and O–H groups in total. The Balaban J connectivity index is 2.57. The molecule has 308 valence electrons. The number of hydrogen-bond acceptors (Lipinski definition) is 10. The van der Waals surface area contributed by atoms with Crippen LogP contribution < -0.4 is 5.32 Å². The van der Waals surface area contributed by atoms with Crippen LogP contribution in [-0.4, -0.2) is 96.8 Å². The molecule has 52 heavy (non-hydrogen) atoms. The van der Waals surface area contributed by atoms with Crippen LogP contribution in [0.4, 0.5) is 0 Å². The number of hydrogen-bond donors (Lipinski definition) is 8. The van der Waals surface area contributed by atoms with Crippen LogP contribution in [0, 0.1) is 0 Å². The topological polar surface area (TPSA) is 206 Å². The number of carbonyl (C=O) groups excluding carboxylic acids is 1. The monoisotopic (exact) mass is 766 g/mol. The number of carbonyl (C=O) groups is 1. The van der Waals surface area contributed by atoms with Crippen molar-refractivity contribution in [2.75, 3.05) is 6.61 Å². The number of aliphatic hydroxyl groups is 6. The van der Waals surface area contributed by atoms with Gasteiger partial charge < -0.3 is 40.8 Å². The summed E-state index contributed by atoms with van der Waals surface area (Å²) in [5, 5.41) is 63.7. The molecule has 6 unspecified atom stereocenters. The molecule has 0 saturated heterocycles. The van der Waals surface area contributed by atoms with Crippen molar-refractivity contribution in [1.29, 1.82) is 0 Å². The zero-order valence-corrected chi connectivity index (χ0v) is 33.3. The summed E-state index contributed by atoms with van der Waals surface area (Å²) in [5.41, 5.74) is 0. The molecule has 0 heterocycles. The lowest BCUT2D eigenvalue weighted by Crippen LogP contribution is -2.64. The fourth-order valence-electron chi connectivity index (χ4n) is 6.61. The summed E-state index contributed by atoms with van der Waals surface area (Å²) in [6, 6.07) is -1.11. The molecule has 1 rings (SSSR count). The third-order valence-corrected chi connectivity index (χ3v) is 11.1. The average Bonchev–Trinajstić information content (AvgIpc) is 3.12. The minimum absolute atomic E-state index is 0.217. The van der Waals surface area contributed by atoms with Crippen LogP contribution in [0.5, 0.6) is 0 Å². The Morgan fingerprint density at radius 3 is 1.46 bits per heavy atom. The van der Waals surface area contributed by atoms with Crippen LogP contribution in [0.25, 0.3) is 0 Å². The van der Waals surface area contributed by atoms with Gasteiger partial charge >= 0.3 is 7.82 Å². The van der Waals surface area contributed by atoms with E-state index in [1.165, 1.54) is 109 Å². The molecule has 1 aliphatic rings. The molecule has 12 nitrogen and oxygen atoms in total. The van der Waals surface area contributed by atoms with Crippen LogP contribution in [0.15, 0.2) is 12.2 Å². The summed E-state index contributed by atoms with van der Waals surface area (Å²) in [5.74, 6) is -0.343. The van der Waals surface area contributed by atoms with E-state index in [0.717, 1.165) is 44.9 Å². The van der Waals surface area contributed by atoms with E-state index in [1.807, 2.05) is 6.08 Å². The molecule has 0 spiro atoms. The van der Waals surface area contributed by atoms with Crippen molar-refractivity contribution in [1.82, 2.24) is 5.32 Å². The predicted molar refractivity (Wildman–Crippen MR) is 205 cm³/mol. The molecule has 0 aromatic heterocycles. The van der Waals surface area contributed by atoms with Crippen molar-refractivity contribution in [2.24, 2.45) is 0 Å². The highest BCUT2D eigenvalue weighted by Gasteiger charge is 2.51. The number of phosphoric ester groups is 1. The Morgan fingerprint density at radius 1 is 0.635 bits per heavy atom. The van der Waals surface area contributed by atoms with E-state index in [9.17, 15) is 44.9 Å². The number of nitrogens with one attached hydrogen (secondary N) is 1. The fourth-order valence-corrected chi connectivity index (χ4v) is 7.57. The maximum atomic E-state index is 12.8. The summed E-state index contributed by atoms with van der Waals surface area (Å²) >= 11 is 0. The van der Waals surface area contributed by atoms with E-state index in [2.05, 4.69) is 19.2 Å². The van der Waals surface area contributed by atoms with E-state index in [-0.39, 0.29) is 12.3 Å². The van der Waals surface area contributed by atoms with Crippen LogP contribution in [0.1, 0.15) is 174 Å². The molecule has 1 amide bonds. The van der Waals surface area contributed by atoms with Crippen LogP contribution in [0.2, 0.25) is 0 Å². The number of aliphatic hydroxyl groups excluding tert-OH is 6. The Labute approximate surface area is 314 Å². The fraction of sp³-hybridized carbons (Fsp3) is 0.923. The Bertz CT molecular complexity index is 941. The normalized spacial score (nSPS) is 24.6. The minimum atomic E-state index is -5.07. The summed E-state index contributed by atoms with van der Waals surface area (Å²) in [6.45, 7) is 3.80. The zero-order chi connectivity index (χ0) is 38.6. The third-order valence-electron chi connectivity index (χ3n) is 10.1. The quantitative estimate of drug-likeness (QED) is 0.0206. The van der Waals surface area contributed by atoms with Gasteiger partial charge in [0.2, 0.25) is 5.91 Å². The molecule has 0 aliphatic heterocycles. The summed E-state index contributed by atoms with van der Waals surface area (Å²) in [6.07, 6.45) is 18.7. The SMILES string of the molecule is CCCCCCCCCCCCCCC/C=C/[C@@H](O)[C@H](COP(=O)(O)OC1C(O)C(O)C(O)[C@@H](O)C1O)NC(=O)CCCCCCCCCCCC. The molecule has 1 aliphatic carbocycles. The second-order valence-corrected chi connectivity index (χ2v) is 16.2. The smallest absolute Gasteiger partial charge is 0.387 e. The molecule has 0 bridgehead atoms. The molecule has 13 heteroatoms. The van der Waals surface area contributed by atoms with Gasteiger partial charge in [-0.1, -0.05) is 161 Å². The summed E-state index contributed by atoms with van der Waals surface area (Å²) in [7, 11) is -5.07. The molecule has 1 fully saturated rings. The Hall–Kier alpha value is -0.920. The van der Waals surface area contributed by atoms with Gasteiger partial charge in [0, 0.05) is 6.42 Å². The lowest BCUT2D eigenvalue weighted by atomic mass is 9.85. The van der Waals surface area contributed by atoms with Crippen molar-refractivity contribution in [3.05, 3.63) is 12.2 Å². The number of allylic oxidation sites excluding steroid dienone is 1. The van der Waals surface area contributed by atoms with Gasteiger partial charge in [0.25, 0.3) is 0 Å². The van der Waals surface area contributed by atoms with Gasteiger partial charge in [0.1, 0.15) is 36.6 Å². The van der Waals surface area contributed by atoms with Gasteiger partial charge in [0.15, 0.2) is 0 Å². The van der Waals surface area contributed by atoms with Crippen molar-refractivity contribution >= 4 is 13.7 Å². The van der Waals surface area contributed by atoms with E-state index in [4.69, 9.17) is 9.05 Å². The van der Waals surface area contributed by atoms with Gasteiger partial charge in [-0.3, -0.25) is 13.8 Å². The molecular formula is C39H76NO11P. The zero-order valence-electron chi connectivity index (χ0n) is 32.4. The molecule has 9 atom stereocenters. The maximum Gasteiger partial charge on any atom is 0.472 e. The van der Waals surface area contributed by atoms with Crippen LogP contribution in [-0.2, 0) is 18.4 Å². The van der Waals surface area contributed by atoms with E-state index in [0.29, 0.717) is 6.42 Å². The van der Waals surface area contributed by atoms with Gasteiger partial charge in [-0.05, 0) is 19.3 Å². The van der Waals surface area contributed by atoms with Gasteiger partial charge in [-0.2, -0.15) is 0 Å². The first kappa shape index (κ1) is 49.1. The largest absolute Gasteiger partial charge is 0.472 e. The highest BCUT2D eigenvalue weighted by atomic mass is 31.2.